The summed E-state index contributed by atoms with van der Waals surface area (Å²) in [6.07, 6.45) is -1.10. The Hall–Kier alpha value is -4.92. The van der Waals surface area contributed by atoms with Gasteiger partial charge in [-0.3, -0.25) is 9.47 Å². The largest absolute Gasteiger partial charge is 0.394 e. The molecule has 2 aliphatic rings. The second kappa shape index (κ2) is 16.6. The second-order valence-electron chi connectivity index (χ2n) is 13.6. The Kier molecular flexibility index (Phi) is 11.3. The Bertz CT molecular complexity index is 1850. The van der Waals surface area contributed by atoms with Gasteiger partial charge in [-0.05, 0) is 48.5 Å². The van der Waals surface area contributed by atoms with Gasteiger partial charge in [0.15, 0.2) is 29.0 Å². The standard InChI is InChI=1S/C39H46N8O5/c48-24-31-34(49)35(50)38(52-31)47-25-43-33-36(40-21-30(28-12-6-2-7-13-28)29-14-8-3-9-15-29)44-32(45-37(33)47)22-42-39(51)41-20-26-16-18-46(19-17-26)23-27-10-4-1-5-11-27/h1-15,25-26,30-31,34-35,38,48-50H,16-24H2,(H,40,44,45)(H2,41,42,51)/t31-,34-,35-,38?/m1/s1. The predicted octanol–water partition coefficient (Wildman–Crippen LogP) is 3.39. The van der Waals surface area contributed by atoms with E-state index in [-0.39, 0.29) is 18.5 Å². The summed E-state index contributed by atoms with van der Waals surface area (Å²) in [5.74, 6) is 1.16. The lowest BCUT2D eigenvalue weighted by atomic mass is 9.91. The molecule has 0 aliphatic carbocycles. The van der Waals surface area contributed by atoms with Gasteiger partial charge in [0.05, 0.1) is 19.5 Å². The fourth-order valence-corrected chi connectivity index (χ4v) is 7.11. The number of carbonyl (C=O) groups is 1. The zero-order valence-electron chi connectivity index (χ0n) is 29.0. The number of fused-ring (bicyclic) bond motifs is 1. The first kappa shape index (κ1) is 35.5. The highest BCUT2D eigenvalue weighted by Gasteiger charge is 2.44. The molecule has 2 amide bonds. The second-order valence-corrected chi connectivity index (χ2v) is 13.6. The molecule has 272 valence electrons. The van der Waals surface area contributed by atoms with E-state index in [9.17, 15) is 20.1 Å². The van der Waals surface area contributed by atoms with E-state index in [1.54, 1.807) is 0 Å². The van der Waals surface area contributed by atoms with Crippen molar-refractivity contribution in [2.45, 2.75) is 56.4 Å². The molecule has 13 nitrogen and oxygen atoms in total. The van der Waals surface area contributed by atoms with Gasteiger partial charge >= 0.3 is 6.03 Å². The molecule has 2 saturated heterocycles. The Morgan fingerprint density at radius 2 is 1.52 bits per heavy atom. The highest BCUT2D eigenvalue weighted by Crippen LogP contribution is 2.33. The summed E-state index contributed by atoms with van der Waals surface area (Å²) < 4.78 is 7.35. The number of urea groups is 1. The smallest absolute Gasteiger partial charge is 0.315 e. The topological polar surface area (TPSA) is 170 Å². The number of hydrogen-bond donors (Lipinski definition) is 6. The van der Waals surface area contributed by atoms with Crippen LogP contribution in [0.25, 0.3) is 11.2 Å². The summed E-state index contributed by atoms with van der Waals surface area (Å²) in [5.41, 5.74) is 4.35. The average Bonchev–Trinajstić information content (AvgIpc) is 3.74. The minimum Gasteiger partial charge on any atom is -0.394 e. The van der Waals surface area contributed by atoms with Gasteiger partial charge in [0, 0.05) is 25.6 Å². The van der Waals surface area contributed by atoms with Crippen molar-refractivity contribution in [3.05, 3.63) is 120 Å². The number of anilines is 1. The molecule has 7 rings (SSSR count). The number of imidazole rings is 1. The minimum absolute atomic E-state index is 0.00694. The van der Waals surface area contributed by atoms with Crippen molar-refractivity contribution in [2.75, 3.05) is 38.1 Å². The van der Waals surface area contributed by atoms with Crippen LogP contribution in [0.2, 0.25) is 0 Å². The maximum absolute atomic E-state index is 13.0. The first-order valence-electron chi connectivity index (χ1n) is 17.9. The van der Waals surface area contributed by atoms with Crippen LogP contribution in [0.1, 0.15) is 47.5 Å². The van der Waals surface area contributed by atoms with E-state index >= 15 is 0 Å². The van der Waals surface area contributed by atoms with Crippen LogP contribution in [0, 0.1) is 5.92 Å². The Labute approximate surface area is 302 Å². The van der Waals surface area contributed by atoms with E-state index in [0.29, 0.717) is 41.8 Å². The first-order chi connectivity index (χ1) is 25.5. The lowest BCUT2D eigenvalue weighted by Crippen LogP contribution is -2.41. The molecular formula is C39H46N8O5. The minimum atomic E-state index is -1.32. The molecule has 52 heavy (non-hydrogen) atoms. The molecule has 0 spiro atoms. The van der Waals surface area contributed by atoms with Gasteiger partial charge in [0.25, 0.3) is 0 Å². The highest BCUT2D eigenvalue weighted by molar-refractivity contribution is 5.83. The van der Waals surface area contributed by atoms with Crippen molar-refractivity contribution in [2.24, 2.45) is 5.92 Å². The van der Waals surface area contributed by atoms with Crippen LogP contribution in [-0.2, 0) is 17.8 Å². The Morgan fingerprint density at radius 1 is 0.865 bits per heavy atom. The number of carbonyl (C=O) groups excluding carboxylic acids is 1. The summed E-state index contributed by atoms with van der Waals surface area (Å²) in [7, 11) is 0. The number of rotatable bonds is 13. The molecule has 2 fully saturated rings. The van der Waals surface area contributed by atoms with Crippen molar-refractivity contribution >= 4 is 23.0 Å². The third-order valence-corrected chi connectivity index (χ3v) is 10.1. The molecular weight excluding hydrogens is 660 g/mol. The molecule has 3 aromatic carbocycles. The van der Waals surface area contributed by atoms with E-state index < -0.39 is 31.1 Å². The van der Waals surface area contributed by atoms with Crippen LogP contribution >= 0.6 is 0 Å². The molecule has 2 aliphatic heterocycles. The first-order valence-corrected chi connectivity index (χ1v) is 17.9. The average molecular weight is 707 g/mol. The van der Waals surface area contributed by atoms with Gasteiger partial charge in [-0.1, -0.05) is 91.0 Å². The van der Waals surface area contributed by atoms with Crippen molar-refractivity contribution < 1.29 is 24.9 Å². The van der Waals surface area contributed by atoms with E-state index in [1.165, 1.54) is 16.5 Å². The van der Waals surface area contributed by atoms with Crippen LogP contribution in [0.3, 0.4) is 0 Å². The van der Waals surface area contributed by atoms with Crippen LogP contribution in [-0.4, -0.2) is 96.9 Å². The molecule has 13 heteroatoms. The lowest BCUT2D eigenvalue weighted by molar-refractivity contribution is -0.0511. The molecule has 5 aromatic rings. The molecule has 0 bridgehead atoms. The van der Waals surface area contributed by atoms with Crippen LogP contribution < -0.4 is 16.0 Å². The van der Waals surface area contributed by atoms with Gasteiger partial charge in [-0.2, -0.15) is 0 Å². The highest BCUT2D eigenvalue weighted by atomic mass is 16.6. The summed E-state index contributed by atoms with van der Waals surface area (Å²) in [6, 6.07) is 30.6. The fraction of sp³-hybridized carbons (Fsp3) is 0.385. The molecule has 4 heterocycles. The number of nitrogens with zero attached hydrogens (tertiary/aromatic N) is 5. The Balaban J connectivity index is 1.05. The van der Waals surface area contributed by atoms with Gasteiger partial charge in [0.2, 0.25) is 0 Å². The molecule has 4 atom stereocenters. The number of aliphatic hydroxyl groups is 3. The van der Waals surface area contributed by atoms with Crippen LogP contribution in [0.15, 0.2) is 97.3 Å². The maximum Gasteiger partial charge on any atom is 0.315 e. The molecule has 2 aromatic heterocycles. The quantitative estimate of drug-likeness (QED) is 0.107. The fourth-order valence-electron chi connectivity index (χ4n) is 7.11. The van der Waals surface area contributed by atoms with Crippen molar-refractivity contribution in [3.8, 4) is 0 Å². The van der Waals surface area contributed by atoms with Crippen molar-refractivity contribution in [1.82, 2.24) is 35.1 Å². The summed E-state index contributed by atoms with van der Waals surface area (Å²) in [4.78, 5) is 29.5. The monoisotopic (exact) mass is 706 g/mol. The predicted molar refractivity (Wildman–Crippen MR) is 196 cm³/mol. The number of piperidine rings is 1. The summed E-state index contributed by atoms with van der Waals surface area (Å²) in [5, 5.41) is 40.4. The number of ether oxygens (including phenoxy) is 1. The maximum atomic E-state index is 13.0. The van der Waals surface area contributed by atoms with Crippen molar-refractivity contribution in [1.29, 1.82) is 0 Å². The number of aromatic nitrogens is 4. The van der Waals surface area contributed by atoms with Gasteiger partial charge in [0.1, 0.15) is 18.3 Å². The Morgan fingerprint density at radius 3 is 2.15 bits per heavy atom. The van der Waals surface area contributed by atoms with Gasteiger partial charge < -0.3 is 36.0 Å². The number of nitrogens with one attached hydrogen (secondary N) is 3. The van der Waals surface area contributed by atoms with Crippen LogP contribution in [0.4, 0.5) is 10.6 Å². The number of amides is 2. The zero-order valence-corrected chi connectivity index (χ0v) is 29.0. The molecule has 1 unspecified atom stereocenters. The van der Waals surface area contributed by atoms with E-state index in [4.69, 9.17) is 14.7 Å². The van der Waals surface area contributed by atoms with Gasteiger partial charge in [-0.25, -0.2) is 19.7 Å². The molecule has 0 radical (unpaired) electrons. The van der Waals surface area contributed by atoms with Crippen LogP contribution in [0.5, 0.6) is 0 Å². The van der Waals surface area contributed by atoms with E-state index in [1.807, 2.05) is 42.5 Å². The van der Waals surface area contributed by atoms with Crippen molar-refractivity contribution in [3.63, 3.8) is 0 Å². The third kappa shape index (κ3) is 8.24. The lowest BCUT2D eigenvalue weighted by Gasteiger charge is -2.32. The number of hydrogen-bond acceptors (Lipinski definition) is 10. The summed E-state index contributed by atoms with van der Waals surface area (Å²) >= 11 is 0. The molecule has 6 N–H and O–H groups in total. The zero-order chi connectivity index (χ0) is 35.9. The molecule has 0 saturated carbocycles. The third-order valence-electron chi connectivity index (χ3n) is 10.1. The normalized spacial score (nSPS) is 21.1. The van der Waals surface area contributed by atoms with Gasteiger partial charge in [-0.15, -0.1) is 0 Å². The SMILES string of the molecule is O=C(NCc1nc(NCC(c2ccccc2)c2ccccc2)c2ncn(C3O[C@H](CO)[C@@H](O)[C@H]3O)c2n1)NCC1CCN(Cc2ccccc2)CC1. The van der Waals surface area contributed by atoms with E-state index in [2.05, 4.69) is 74.4 Å². The number of benzene rings is 3. The number of likely N-dealkylation sites (tertiary alicyclic amines) is 1. The van der Waals surface area contributed by atoms with E-state index in [0.717, 1.165) is 43.6 Å². The number of aliphatic hydroxyl groups excluding tert-OH is 3. The summed E-state index contributed by atoms with van der Waals surface area (Å²) in [6.45, 7) is 3.56.